The third-order valence-corrected chi connectivity index (χ3v) is 4.62. The van der Waals surface area contributed by atoms with Crippen molar-refractivity contribution in [1.82, 2.24) is 19.9 Å². The molecule has 0 radical (unpaired) electrons. The number of H-pyrrole nitrogens is 1. The van der Waals surface area contributed by atoms with Crippen LogP contribution in [0.2, 0.25) is 5.15 Å². The lowest BCUT2D eigenvalue weighted by Gasteiger charge is -2.08. The topological polar surface area (TPSA) is 75.7 Å². The number of pyridine rings is 3. The van der Waals surface area contributed by atoms with Gasteiger partial charge in [-0.3, -0.25) is 0 Å². The number of hydrogen-bond acceptors (Lipinski definition) is 5. The molecule has 6 nitrogen and oxygen atoms in total. The van der Waals surface area contributed by atoms with E-state index in [2.05, 4.69) is 25.3 Å². The van der Waals surface area contributed by atoms with E-state index in [9.17, 15) is 4.39 Å². The van der Waals surface area contributed by atoms with E-state index in [0.29, 0.717) is 35.2 Å². The summed E-state index contributed by atoms with van der Waals surface area (Å²) in [7, 11) is 1.59. The highest BCUT2D eigenvalue weighted by Crippen LogP contribution is 2.24. The molecule has 0 saturated carbocycles. The second-order valence-corrected chi connectivity index (χ2v) is 6.64. The van der Waals surface area contributed by atoms with Crippen LogP contribution in [0.1, 0.15) is 16.7 Å². The average Bonchev–Trinajstić information content (AvgIpc) is 3.11. The summed E-state index contributed by atoms with van der Waals surface area (Å²) < 4.78 is 19.8. The Balaban J connectivity index is 1.49. The molecule has 0 aliphatic carbocycles. The van der Waals surface area contributed by atoms with Gasteiger partial charge in [0.2, 0.25) is 5.95 Å². The van der Waals surface area contributed by atoms with Crippen molar-refractivity contribution in [2.24, 2.45) is 0 Å². The zero-order valence-corrected chi connectivity index (χ0v) is 15.8. The van der Waals surface area contributed by atoms with Gasteiger partial charge in [-0.15, -0.1) is 0 Å². The van der Waals surface area contributed by atoms with Crippen molar-refractivity contribution >= 4 is 28.5 Å². The van der Waals surface area contributed by atoms with Gasteiger partial charge in [-0.05, 0) is 29.3 Å². The Morgan fingerprint density at radius 2 is 2.04 bits per heavy atom. The van der Waals surface area contributed by atoms with Crippen molar-refractivity contribution in [3.05, 3.63) is 76.7 Å². The number of aromatic nitrogens is 4. The SMILES string of the molecule is COc1cnc2[nH]cc(Cc3ccc(NCc4ccc(Cl)nc4)nc3F)c2c1. The maximum Gasteiger partial charge on any atom is 0.218 e. The van der Waals surface area contributed by atoms with Gasteiger partial charge >= 0.3 is 0 Å². The molecule has 8 heteroatoms. The summed E-state index contributed by atoms with van der Waals surface area (Å²) in [5.41, 5.74) is 3.09. The Labute approximate surface area is 165 Å². The number of nitrogens with zero attached hydrogens (tertiary/aromatic N) is 3. The van der Waals surface area contributed by atoms with Gasteiger partial charge in [-0.2, -0.15) is 4.39 Å². The number of methoxy groups -OCH3 is 1. The number of fused-ring (bicyclic) bond motifs is 1. The first kappa shape index (κ1) is 18.2. The molecule has 28 heavy (non-hydrogen) atoms. The highest BCUT2D eigenvalue weighted by Gasteiger charge is 2.11. The molecule has 4 aromatic heterocycles. The molecular formula is C20H17ClFN5O. The van der Waals surface area contributed by atoms with Gasteiger partial charge in [0.1, 0.15) is 22.4 Å². The molecule has 0 amide bonds. The molecular weight excluding hydrogens is 381 g/mol. The first-order valence-corrected chi connectivity index (χ1v) is 9.00. The number of nitrogens with one attached hydrogen (secondary N) is 2. The summed E-state index contributed by atoms with van der Waals surface area (Å²) in [6.45, 7) is 0.476. The van der Waals surface area contributed by atoms with E-state index in [0.717, 1.165) is 22.2 Å². The minimum atomic E-state index is -0.510. The fourth-order valence-electron chi connectivity index (χ4n) is 2.90. The number of ether oxygens (including phenoxy) is 1. The van der Waals surface area contributed by atoms with Crippen molar-refractivity contribution in [3.8, 4) is 5.75 Å². The lowest BCUT2D eigenvalue weighted by atomic mass is 10.1. The van der Waals surface area contributed by atoms with Crippen LogP contribution in [0.25, 0.3) is 11.0 Å². The molecule has 0 bridgehead atoms. The van der Waals surface area contributed by atoms with Gasteiger partial charge in [0.05, 0.1) is 13.3 Å². The maximum absolute atomic E-state index is 14.5. The number of halogens is 2. The Kier molecular flexibility index (Phi) is 5.08. The van der Waals surface area contributed by atoms with Crippen LogP contribution in [0.5, 0.6) is 5.75 Å². The van der Waals surface area contributed by atoms with E-state index in [1.54, 1.807) is 37.7 Å². The molecule has 0 aliphatic heterocycles. The molecule has 0 unspecified atom stereocenters. The minimum absolute atomic E-state index is 0.398. The van der Waals surface area contributed by atoms with Gasteiger partial charge < -0.3 is 15.0 Å². The lowest BCUT2D eigenvalue weighted by Crippen LogP contribution is -2.04. The van der Waals surface area contributed by atoms with Gasteiger partial charge in [-0.1, -0.05) is 23.7 Å². The summed E-state index contributed by atoms with van der Waals surface area (Å²) >= 11 is 5.77. The molecule has 4 heterocycles. The number of hydrogen-bond donors (Lipinski definition) is 2. The molecule has 0 atom stereocenters. The Morgan fingerprint density at radius 3 is 2.79 bits per heavy atom. The van der Waals surface area contributed by atoms with Crippen LogP contribution in [0, 0.1) is 5.95 Å². The van der Waals surface area contributed by atoms with Crippen molar-refractivity contribution in [2.75, 3.05) is 12.4 Å². The second-order valence-electron chi connectivity index (χ2n) is 6.25. The predicted molar refractivity (Wildman–Crippen MR) is 106 cm³/mol. The zero-order valence-electron chi connectivity index (χ0n) is 15.0. The standard InChI is InChI=1S/C20H17ClFN5O/c1-28-15-7-16-14(10-25-20(16)26-11-15)6-13-3-5-18(27-19(13)22)24-9-12-2-4-17(21)23-8-12/h2-5,7-8,10-11H,6,9H2,1H3,(H,24,27)(H,25,26). The number of anilines is 1. The highest BCUT2D eigenvalue weighted by molar-refractivity contribution is 6.29. The van der Waals surface area contributed by atoms with E-state index in [1.165, 1.54) is 0 Å². The van der Waals surface area contributed by atoms with Crippen LogP contribution in [0.15, 0.2) is 48.9 Å². The quantitative estimate of drug-likeness (QED) is 0.473. The van der Waals surface area contributed by atoms with Crippen molar-refractivity contribution in [2.45, 2.75) is 13.0 Å². The second kappa shape index (κ2) is 7.82. The highest BCUT2D eigenvalue weighted by atomic mass is 35.5. The van der Waals surface area contributed by atoms with Crippen LogP contribution >= 0.6 is 11.6 Å². The largest absolute Gasteiger partial charge is 0.495 e. The predicted octanol–water partition coefficient (Wildman–Crippen LogP) is 4.36. The fourth-order valence-corrected chi connectivity index (χ4v) is 3.01. The number of aromatic amines is 1. The molecule has 142 valence electrons. The summed E-state index contributed by atoms with van der Waals surface area (Å²) in [4.78, 5) is 15.4. The molecule has 0 aliphatic rings. The monoisotopic (exact) mass is 397 g/mol. The molecule has 0 spiro atoms. The van der Waals surface area contributed by atoms with E-state index in [1.807, 2.05) is 18.3 Å². The fraction of sp³-hybridized carbons (Fsp3) is 0.150. The normalized spacial score (nSPS) is 11.0. The van der Waals surface area contributed by atoms with Crippen LogP contribution in [0.3, 0.4) is 0 Å². The summed E-state index contributed by atoms with van der Waals surface area (Å²) in [6.07, 6.45) is 5.53. The first-order valence-electron chi connectivity index (χ1n) is 8.62. The number of rotatable bonds is 6. The van der Waals surface area contributed by atoms with E-state index < -0.39 is 5.95 Å². The van der Waals surface area contributed by atoms with Gasteiger partial charge in [-0.25, -0.2) is 15.0 Å². The first-order chi connectivity index (χ1) is 13.6. The zero-order chi connectivity index (χ0) is 19.5. The van der Waals surface area contributed by atoms with Gasteiger partial charge in [0.25, 0.3) is 0 Å². The molecule has 0 saturated heterocycles. The summed E-state index contributed by atoms with van der Waals surface area (Å²) in [5, 5.41) is 4.42. The van der Waals surface area contributed by atoms with Crippen LogP contribution in [0.4, 0.5) is 10.2 Å². The maximum atomic E-state index is 14.5. The molecule has 4 aromatic rings. The van der Waals surface area contributed by atoms with Crippen LogP contribution in [-0.2, 0) is 13.0 Å². The summed E-state index contributed by atoms with van der Waals surface area (Å²) in [6, 6.07) is 8.94. The smallest absolute Gasteiger partial charge is 0.218 e. The van der Waals surface area contributed by atoms with E-state index in [4.69, 9.17) is 16.3 Å². The third-order valence-electron chi connectivity index (χ3n) is 4.40. The summed E-state index contributed by atoms with van der Waals surface area (Å²) in [5.74, 6) is 0.603. The van der Waals surface area contributed by atoms with Crippen molar-refractivity contribution in [3.63, 3.8) is 0 Å². The lowest BCUT2D eigenvalue weighted by molar-refractivity contribution is 0.413. The molecule has 4 rings (SSSR count). The van der Waals surface area contributed by atoms with Crippen molar-refractivity contribution in [1.29, 1.82) is 0 Å². The van der Waals surface area contributed by atoms with Crippen LogP contribution in [-0.4, -0.2) is 27.0 Å². The molecule has 0 fully saturated rings. The van der Waals surface area contributed by atoms with Crippen molar-refractivity contribution < 1.29 is 9.13 Å². The van der Waals surface area contributed by atoms with Gasteiger partial charge in [0.15, 0.2) is 0 Å². The Hall–Kier alpha value is -3.19. The Bertz CT molecular complexity index is 1110. The third kappa shape index (κ3) is 3.89. The van der Waals surface area contributed by atoms with E-state index in [-0.39, 0.29) is 0 Å². The Morgan fingerprint density at radius 1 is 1.14 bits per heavy atom. The minimum Gasteiger partial charge on any atom is -0.495 e. The average molecular weight is 398 g/mol. The van der Waals surface area contributed by atoms with Gasteiger partial charge in [0, 0.05) is 36.3 Å². The molecule has 2 N–H and O–H groups in total. The van der Waals surface area contributed by atoms with E-state index >= 15 is 0 Å². The van der Waals surface area contributed by atoms with Crippen LogP contribution < -0.4 is 10.1 Å². The molecule has 0 aromatic carbocycles.